The molecular weight excluding hydrogens is 224 g/mol. The number of nitrogen functional groups attached to an aromatic ring is 1. The van der Waals surface area contributed by atoms with Crippen molar-refractivity contribution in [2.24, 2.45) is 0 Å². The van der Waals surface area contributed by atoms with Crippen LogP contribution in [-0.4, -0.2) is 23.9 Å². The summed E-state index contributed by atoms with van der Waals surface area (Å²) in [7, 11) is 0. The number of benzene rings is 1. The number of rotatable bonds is 1. The van der Waals surface area contributed by atoms with E-state index < -0.39 is 0 Å². The quantitative estimate of drug-likeness (QED) is 0.774. The van der Waals surface area contributed by atoms with E-state index in [0.29, 0.717) is 11.3 Å². The topological polar surface area (TPSA) is 46.3 Å². The molecule has 1 saturated heterocycles. The van der Waals surface area contributed by atoms with Crippen molar-refractivity contribution in [1.29, 1.82) is 0 Å². The van der Waals surface area contributed by atoms with Gasteiger partial charge in [-0.2, -0.15) is 0 Å². The molecule has 1 aliphatic rings. The Morgan fingerprint density at radius 2 is 1.72 bits per heavy atom. The minimum atomic E-state index is 0.0955. The molecule has 0 saturated carbocycles. The van der Waals surface area contributed by atoms with E-state index >= 15 is 0 Å². The van der Waals surface area contributed by atoms with E-state index in [9.17, 15) is 4.79 Å². The molecule has 3 nitrogen and oxygen atoms in total. The Morgan fingerprint density at radius 1 is 1.11 bits per heavy atom. The Hall–Kier alpha value is -1.51. The third kappa shape index (κ3) is 3.03. The van der Waals surface area contributed by atoms with Crippen molar-refractivity contribution in [3.05, 3.63) is 29.3 Å². The summed E-state index contributed by atoms with van der Waals surface area (Å²) >= 11 is 0. The van der Waals surface area contributed by atoms with Gasteiger partial charge in [0.05, 0.1) is 5.56 Å². The van der Waals surface area contributed by atoms with E-state index in [1.165, 1.54) is 19.3 Å². The Morgan fingerprint density at radius 3 is 2.39 bits per heavy atom. The van der Waals surface area contributed by atoms with Gasteiger partial charge in [0.25, 0.3) is 5.91 Å². The SMILES string of the molecule is Cc1ccc(N)c(C(=O)N2CCCCCCC2)c1. The molecule has 0 radical (unpaired) electrons. The van der Waals surface area contributed by atoms with Crippen molar-refractivity contribution >= 4 is 11.6 Å². The zero-order chi connectivity index (χ0) is 13.0. The lowest BCUT2D eigenvalue weighted by molar-refractivity contribution is 0.0743. The van der Waals surface area contributed by atoms with Gasteiger partial charge in [-0.3, -0.25) is 4.79 Å². The fourth-order valence-electron chi connectivity index (χ4n) is 2.48. The molecule has 0 spiro atoms. The third-order valence-corrected chi connectivity index (χ3v) is 3.58. The van der Waals surface area contributed by atoms with Gasteiger partial charge in [0.2, 0.25) is 0 Å². The minimum Gasteiger partial charge on any atom is -0.398 e. The molecule has 3 heteroatoms. The molecule has 0 unspecified atom stereocenters. The van der Waals surface area contributed by atoms with Crippen LogP contribution in [0.15, 0.2) is 18.2 Å². The van der Waals surface area contributed by atoms with Crippen LogP contribution in [-0.2, 0) is 0 Å². The summed E-state index contributed by atoms with van der Waals surface area (Å²) in [5.74, 6) is 0.0955. The van der Waals surface area contributed by atoms with Gasteiger partial charge >= 0.3 is 0 Å². The number of nitrogens with zero attached hydrogens (tertiary/aromatic N) is 1. The fourth-order valence-corrected chi connectivity index (χ4v) is 2.48. The van der Waals surface area contributed by atoms with Crippen LogP contribution < -0.4 is 5.73 Å². The Kier molecular flexibility index (Phi) is 4.24. The van der Waals surface area contributed by atoms with Crippen LogP contribution in [0.5, 0.6) is 0 Å². The number of hydrogen-bond acceptors (Lipinski definition) is 2. The maximum absolute atomic E-state index is 12.5. The zero-order valence-corrected chi connectivity index (χ0v) is 11.1. The average molecular weight is 246 g/mol. The van der Waals surface area contributed by atoms with Crippen LogP contribution in [0.1, 0.15) is 48.0 Å². The lowest BCUT2D eigenvalue weighted by atomic mass is 10.1. The number of anilines is 1. The summed E-state index contributed by atoms with van der Waals surface area (Å²) in [6.07, 6.45) is 5.98. The van der Waals surface area contributed by atoms with Crippen molar-refractivity contribution in [2.75, 3.05) is 18.8 Å². The first-order valence-electron chi connectivity index (χ1n) is 6.84. The van der Waals surface area contributed by atoms with Crippen molar-refractivity contribution in [3.63, 3.8) is 0 Å². The first kappa shape index (κ1) is 12.9. The van der Waals surface area contributed by atoms with Crippen molar-refractivity contribution in [2.45, 2.75) is 39.0 Å². The Labute approximate surface area is 109 Å². The zero-order valence-electron chi connectivity index (χ0n) is 11.1. The van der Waals surface area contributed by atoms with Crippen LogP contribution in [0.25, 0.3) is 0 Å². The van der Waals surface area contributed by atoms with Gasteiger partial charge in [-0.1, -0.05) is 30.9 Å². The van der Waals surface area contributed by atoms with E-state index in [1.807, 2.05) is 30.0 Å². The van der Waals surface area contributed by atoms with E-state index in [4.69, 9.17) is 5.73 Å². The van der Waals surface area contributed by atoms with Crippen LogP contribution >= 0.6 is 0 Å². The molecule has 1 heterocycles. The second-order valence-electron chi connectivity index (χ2n) is 5.15. The van der Waals surface area contributed by atoms with Crippen LogP contribution in [0.4, 0.5) is 5.69 Å². The van der Waals surface area contributed by atoms with E-state index in [0.717, 1.165) is 31.5 Å². The molecule has 0 aromatic heterocycles. The second kappa shape index (κ2) is 5.89. The lowest BCUT2D eigenvalue weighted by Crippen LogP contribution is -2.34. The highest BCUT2D eigenvalue weighted by atomic mass is 16.2. The first-order chi connectivity index (χ1) is 8.68. The molecule has 2 rings (SSSR count). The summed E-state index contributed by atoms with van der Waals surface area (Å²) in [4.78, 5) is 14.4. The highest BCUT2D eigenvalue weighted by Gasteiger charge is 2.18. The number of hydrogen-bond donors (Lipinski definition) is 1. The van der Waals surface area contributed by atoms with E-state index in [1.54, 1.807) is 0 Å². The highest BCUT2D eigenvalue weighted by Crippen LogP contribution is 2.18. The summed E-state index contributed by atoms with van der Waals surface area (Å²) in [5, 5.41) is 0. The molecule has 18 heavy (non-hydrogen) atoms. The van der Waals surface area contributed by atoms with E-state index in [-0.39, 0.29) is 5.91 Å². The van der Waals surface area contributed by atoms with Crippen LogP contribution in [0.3, 0.4) is 0 Å². The number of likely N-dealkylation sites (tertiary alicyclic amines) is 1. The molecule has 0 atom stereocenters. The standard InChI is InChI=1S/C15H22N2O/c1-12-7-8-14(16)13(11-12)15(18)17-9-5-3-2-4-6-10-17/h7-8,11H,2-6,9-10,16H2,1H3. The smallest absolute Gasteiger partial charge is 0.255 e. The Balaban J connectivity index is 2.15. The van der Waals surface area contributed by atoms with Gasteiger partial charge in [0.15, 0.2) is 0 Å². The molecule has 1 fully saturated rings. The molecule has 0 aliphatic carbocycles. The lowest BCUT2D eigenvalue weighted by Gasteiger charge is -2.25. The maximum Gasteiger partial charge on any atom is 0.255 e. The molecular formula is C15H22N2O. The number of amides is 1. The predicted molar refractivity (Wildman–Crippen MR) is 74.6 cm³/mol. The number of aryl methyl sites for hydroxylation is 1. The third-order valence-electron chi connectivity index (χ3n) is 3.58. The molecule has 1 aromatic rings. The summed E-state index contributed by atoms with van der Waals surface area (Å²) in [5.41, 5.74) is 8.26. The minimum absolute atomic E-state index is 0.0955. The first-order valence-corrected chi connectivity index (χ1v) is 6.84. The average Bonchev–Trinajstić information content (AvgIpc) is 2.31. The number of nitrogens with two attached hydrogens (primary N) is 1. The van der Waals surface area contributed by atoms with Crippen molar-refractivity contribution < 1.29 is 4.79 Å². The van der Waals surface area contributed by atoms with Gasteiger partial charge < -0.3 is 10.6 Å². The second-order valence-corrected chi connectivity index (χ2v) is 5.15. The monoisotopic (exact) mass is 246 g/mol. The predicted octanol–water partition coefficient (Wildman–Crippen LogP) is 2.98. The molecule has 2 N–H and O–H groups in total. The summed E-state index contributed by atoms with van der Waals surface area (Å²) in [6.45, 7) is 3.72. The van der Waals surface area contributed by atoms with Crippen LogP contribution in [0, 0.1) is 6.92 Å². The van der Waals surface area contributed by atoms with E-state index in [2.05, 4.69) is 0 Å². The highest BCUT2D eigenvalue weighted by molar-refractivity contribution is 5.99. The van der Waals surface area contributed by atoms with Gasteiger partial charge in [0, 0.05) is 18.8 Å². The maximum atomic E-state index is 12.5. The van der Waals surface area contributed by atoms with Gasteiger partial charge in [-0.05, 0) is 31.9 Å². The Bertz CT molecular complexity index is 421. The van der Waals surface area contributed by atoms with Crippen molar-refractivity contribution in [1.82, 2.24) is 4.90 Å². The largest absolute Gasteiger partial charge is 0.398 e. The van der Waals surface area contributed by atoms with Crippen molar-refractivity contribution in [3.8, 4) is 0 Å². The summed E-state index contributed by atoms with van der Waals surface area (Å²) < 4.78 is 0. The number of carbonyl (C=O) groups is 1. The molecule has 1 amide bonds. The van der Waals surface area contributed by atoms with Crippen LogP contribution in [0.2, 0.25) is 0 Å². The molecule has 1 aromatic carbocycles. The number of carbonyl (C=O) groups excluding carboxylic acids is 1. The molecule has 98 valence electrons. The van der Waals surface area contributed by atoms with Gasteiger partial charge in [0.1, 0.15) is 0 Å². The molecule has 0 bridgehead atoms. The van der Waals surface area contributed by atoms with Gasteiger partial charge in [-0.25, -0.2) is 0 Å². The fraction of sp³-hybridized carbons (Fsp3) is 0.533. The normalized spacial score (nSPS) is 17.1. The van der Waals surface area contributed by atoms with Gasteiger partial charge in [-0.15, -0.1) is 0 Å². The molecule has 1 aliphatic heterocycles. The summed E-state index contributed by atoms with van der Waals surface area (Å²) in [6, 6.07) is 5.67.